The van der Waals surface area contributed by atoms with Crippen LogP contribution in [0.4, 0.5) is 13.2 Å². The fourth-order valence-corrected chi connectivity index (χ4v) is 5.29. The second kappa shape index (κ2) is 9.86. The van der Waals surface area contributed by atoms with Crippen LogP contribution in [0.5, 0.6) is 0 Å². The average Bonchev–Trinajstić information content (AvgIpc) is 3.17. The van der Waals surface area contributed by atoms with Gasteiger partial charge in [0.1, 0.15) is 0 Å². The molecule has 174 valence electrons. The number of alkyl halides is 3. The summed E-state index contributed by atoms with van der Waals surface area (Å²) in [5.41, 5.74) is -0.302. The maximum absolute atomic E-state index is 13.6. The minimum atomic E-state index is -4.45. The molecule has 31 heavy (non-hydrogen) atoms. The number of rotatable bonds is 8. The van der Waals surface area contributed by atoms with Crippen molar-refractivity contribution < 1.29 is 23.1 Å². The van der Waals surface area contributed by atoms with E-state index in [1.165, 1.54) is 0 Å². The summed E-state index contributed by atoms with van der Waals surface area (Å²) in [7, 11) is 0. The number of fused-ring (bicyclic) bond motifs is 1. The first-order valence-electron chi connectivity index (χ1n) is 11.4. The standard InChI is InChI=1S/C23H34F3N3O2/c1-3-9-28(10-4-2)19-5-7-22(14-19,8-12-30)21(31)29-11-6-20-17(16-29)13-18(15-27-20)23(24,25)26/h13,15,19,30H,3-12,14,16H2,1-2H3/t19?,22-/m1/s1. The number of aliphatic hydroxyl groups is 1. The highest BCUT2D eigenvalue weighted by molar-refractivity contribution is 5.83. The Labute approximate surface area is 182 Å². The number of amides is 1. The minimum absolute atomic E-state index is 0.0277. The number of carbonyl (C=O) groups excluding carboxylic acids is 1. The van der Waals surface area contributed by atoms with Crippen LogP contribution < -0.4 is 0 Å². The number of aliphatic hydroxyl groups excluding tert-OH is 1. The maximum Gasteiger partial charge on any atom is 0.417 e. The SMILES string of the molecule is CCCN(CCC)C1CC[C@](CCO)(C(=O)N2CCc3ncc(C(F)(F)F)cc3C2)C1. The van der Waals surface area contributed by atoms with E-state index in [-0.39, 0.29) is 19.1 Å². The molecule has 1 aliphatic heterocycles. The third kappa shape index (κ3) is 5.22. The van der Waals surface area contributed by atoms with Crippen LogP contribution in [0.3, 0.4) is 0 Å². The van der Waals surface area contributed by atoms with Crippen LogP contribution in [0.1, 0.15) is 69.2 Å². The Balaban J connectivity index is 1.78. The van der Waals surface area contributed by atoms with Gasteiger partial charge in [0.25, 0.3) is 0 Å². The Morgan fingerprint density at radius 2 is 2.03 bits per heavy atom. The van der Waals surface area contributed by atoms with Crippen LogP contribution in [0.2, 0.25) is 0 Å². The van der Waals surface area contributed by atoms with Gasteiger partial charge in [-0.15, -0.1) is 0 Å². The molecule has 5 nitrogen and oxygen atoms in total. The molecule has 2 aliphatic rings. The molecule has 1 fully saturated rings. The van der Waals surface area contributed by atoms with Gasteiger partial charge in [0.2, 0.25) is 5.91 Å². The van der Waals surface area contributed by atoms with Crippen molar-refractivity contribution in [3.63, 3.8) is 0 Å². The quantitative estimate of drug-likeness (QED) is 0.662. The summed E-state index contributed by atoms with van der Waals surface area (Å²) in [4.78, 5) is 21.8. The van der Waals surface area contributed by atoms with Crippen LogP contribution in [-0.4, -0.2) is 58.1 Å². The van der Waals surface area contributed by atoms with Gasteiger partial charge in [-0.05, 0) is 63.2 Å². The number of hydrogen-bond donors (Lipinski definition) is 1. The van der Waals surface area contributed by atoms with Crippen LogP contribution in [0, 0.1) is 5.41 Å². The molecule has 1 aliphatic carbocycles. The molecule has 2 heterocycles. The van der Waals surface area contributed by atoms with E-state index < -0.39 is 17.2 Å². The zero-order chi connectivity index (χ0) is 22.6. The van der Waals surface area contributed by atoms with E-state index in [2.05, 4.69) is 23.7 Å². The predicted octanol–water partition coefficient (Wildman–Crippen LogP) is 4.03. The van der Waals surface area contributed by atoms with Crippen LogP contribution in [-0.2, 0) is 23.9 Å². The molecular weight excluding hydrogens is 407 g/mol. The summed E-state index contributed by atoms with van der Waals surface area (Å²) in [6, 6.07) is 1.44. The van der Waals surface area contributed by atoms with Crippen molar-refractivity contribution in [3.8, 4) is 0 Å². The molecule has 1 aromatic heterocycles. The first-order chi connectivity index (χ1) is 14.7. The average molecular weight is 442 g/mol. The number of hydrogen-bond acceptors (Lipinski definition) is 4. The lowest BCUT2D eigenvalue weighted by atomic mass is 9.80. The Hall–Kier alpha value is -1.67. The summed E-state index contributed by atoms with van der Waals surface area (Å²) < 4.78 is 39.3. The summed E-state index contributed by atoms with van der Waals surface area (Å²) in [6.45, 7) is 6.82. The van der Waals surface area contributed by atoms with Crippen molar-refractivity contribution in [1.29, 1.82) is 0 Å². The fourth-order valence-electron chi connectivity index (χ4n) is 5.29. The molecule has 1 N–H and O–H groups in total. The molecule has 1 saturated carbocycles. The molecule has 1 aromatic rings. The number of nitrogens with zero attached hydrogens (tertiary/aromatic N) is 3. The molecule has 0 bridgehead atoms. The van der Waals surface area contributed by atoms with Crippen molar-refractivity contribution in [2.24, 2.45) is 5.41 Å². The highest BCUT2D eigenvalue weighted by Crippen LogP contribution is 2.45. The molecule has 0 aromatic carbocycles. The first kappa shape index (κ1) is 24.0. The third-order valence-electron chi connectivity index (χ3n) is 6.82. The topological polar surface area (TPSA) is 56.7 Å². The number of pyridine rings is 1. The Kier molecular flexibility index (Phi) is 7.63. The van der Waals surface area contributed by atoms with Gasteiger partial charge in [0.15, 0.2) is 0 Å². The number of aromatic nitrogens is 1. The highest BCUT2D eigenvalue weighted by Gasteiger charge is 2.48. The van der Waals surface area contributed by atoms with E-state index >= 15 is 0 Å². The Morgan fingerprint density at radius 3 is 2.65 bits per heavy atom. The molecule has 1 unspecified atom stereocenters. The second-order valence-electron chi connectivity index (χ2n) is 8.99. The van der Waals surface area contributed by atoms with E-state index in [1.54, 1.807) is 4.90 Å². The monoisotopic (exact) mass is 441 g/mol. The van der Waals surface area contributed by atoms with Gasteiger partial charge in [-0.1, -0.05) is 13.8 Å². The second-order valence-corrected chi connectivity index (χ2v) is 8.99. The molecule has 3 rings (SSSR count). The van der Waals surface area contributed by atoms with Crippen LogP contribution in [0.15, 0.2) is 12.3 Å². The molecule has 8 heteroatoms. The normalized spacial score (nSPS) is 24.0. The van der Waals surface area contributed by atoms with Crippen molar-refractivity contribution in [2.45, 2.75) is 77.6 Å². The first-order valence-corrected chi connectivity index (χ1v) is 11.4. The van der Waals surface area contributed by atoms with Crippen molar-refractivity contribution in [2.75, 3.05) is 26.2 Å². The molecule has 0 radical (unpaired) electrons. The highest BCUT2D eigenvalue weighted by atomic mass is 19.4. The van der Waals surface area contributed by atoms with E-state index in [1.807, 2.05) is 0 Å². The van der Waals surface area contributed by atoms with Gasteiger partial charge in [-0.3, -0.25) is 9.78 Å². The summed E-state index contributed by atoms with van der Waals surface area (Å²) in [6.07, 6.45) is 1.71. The van der Waals surface area contributed by atoms with Gasteiger partial charge < -0.3 is 14.9 Å². The van der Waals surface area contributed by atoms with Crippen molar-refractivity contribution >= 4 is 5.91 Å². The summed E-state index contributed by atoms with van der Waals surface area (Å²) >= 11 is 0. The third-order valence-corrected chi connectivity index (χ3v) is 6.82. The smallest absolute Gasteiger partial charge is 0.396 e. The fraction of sp³-hybridized carbons (Fsp3) is 0.739. The Morgan fingerprint density at radius 1 is 1.32 bits per heavy atom. The largest absolute Gasteiger partial charge is 0.417 e. The summed E-state index contributed by atoms with van der Waals surface area (Å²) in [5, 5.41) is 9.74. The molecule has 0 saturated heterocycles. The maximum atomic E-state index is 13.6. The molecule has 0 spiro atoms. The lowest BCUT2D eigenvalue weighted by Gasteiger charge is -2.37. The number of carbonyl (C=O) groups is 1. The number of halogens is 3. The molecule has 1 amide bonds. The van der Waals surface area contributed by atoms with E-state index in [0.29, 0.717) is 49.5 Å². The summed E-state index contributed by atoms with van der Waals surface area (Å²) in [5.74, 6) is -0.0277. The van der Waals surface area contributed by atoms with E-state index in [4.69, 9.17) is 0 Å². The predicted molar refractivity (Wildman–Crippen MR) is 112 cm³/mol. The van der Waals surface area contributed by atoms with Gasteiger partial charge in [-0.2, -0.15) is 13.2 Å². The minimum Gasteiger partial charge on any atom is -0.396 e. The van der Waals surface area contributed by atoms with Gasteiger partial charge in [0, 0.05) is 44.0 Å². The Bertz CT molecular complexity index is 765. The van der Waals surface area contributed by atoms with Crippen molar-refractivity contribution in [3.05, 3.63) is 29.1 Å². The van der Waals surface area contributed by atoms with Crippen molar-refractivity contribution in [1.82, 2.24) is 14.8 Å². The lowest BCUT2D eigenvalue weighted by molar-refractivity contribution is -0.144. The van der Waals surface area contributed by atoms with Gasteiger partial charge in [0.05, 0.1) is 11.0 Å². The zero-order valence-corrected chi connectivity index (χ0v) is 18.5. The van der Waals surface area contributed by atoms with E-state index in [0.717, 1.165) is 44.6 Å². The van der Waals surface area contributed by atoms with Gasteiger partial charge >= 0.3 is 6.18 Å². The zero-order valence-electron chi connectivity index (χ0n) is 18.5. The van der Waals surface area contributed by atoms with E-state index in [9.17, 15) is 23.1 Å². The van der Waals surface area contributed by atoms with Crippen LogP contribution in [0.25, 0.3) is 0 Å². The lowest BCUT2D eigenvalue weighted by Crippen LogP contribution is -2.46. The van der Waals surface area contributed by atoms with Crippen LogP contribution >= 0.6 is 0 Å². The van der Waals surface area contributed by atoms with Gasteiger partial charge in [-0.25, -0.2) is 0 Å². The molecular formula is C23H34F3N3O2. The molecule has 2 atom stereocenters.